The number of ether oxygens (including phenoxy) is 1. The van der Waals surface area contributed by atoms with Crippen LogP contribution in [0.2, 0.25) is 0 Å². The molecule has 1 amide bonds. The molecular formula is C23H28N4O2S. The fraction of sp³-hybridized carbons (Fsp3) is 0.435. The molecular weight excluding hydrogens is 396 g/mol. The highest BCUT2D eigenvalue weighted by Crippen LogP contribution is 2.31. The fourth-order valence-electron chi connectivity index (χ4n) is 3.75. The lowest BCUT2D eigenvalue weighted by Crippen LogP contribution is -2.50. The van der Waals surface area contributed by atoms with Gasteiger partial charge in [0.15, 0.2) is 6.61 Å². The molecule has 0 atom stereocenters. The van der Waals surface area contributed by atoms with E-state index in [2.05, 4.69) is 22.9 Å². The molecule has 7 heteroatoms. The van der Waals surface area contributed by atoms with Gasteiger partial charge in [-0.25, -0.2) is 9.97 Å². The normalized spacial score (nSPS) is 14.4. The summed E-state index contributed by atoms with van der Waals surface area (Å²) in [5.74, 6) is 2.60. The van der Waals surface area contributed by atoms with Gasteiger partial charge in [-0.15, -0.1) is 11.3 Å². The number of rotatable bonds is 5. The number of thiophene rings is 1. The Hall–Kier alpha value is -2.67. The van der Waals surface area contributed by atoms with Crippen molar-refractivity contribution >= 4 is 33.3 Å². The first-order valence-electron chi connectivity index (χ1n) is 10.4. The number of carbonyl (C=O) groups excluding carboxylic acids is 1. The van der Waals surface area contributed by atoms with Crippen molar-refractivity contribution in [2.75, 3.05) is 37.7 Å². The number of amides is 1. The minimum Gasteiger partial charge on any atom is -0.483 e. The largest absolute Gasteiger partial charge is 0.483 e. The van der Waals surface area contributed by atoms with Crippen LogP contribution in [0, 0.1) is 20.8 Å². The maximum Gasteiger partial charge on any atom is 0.260 e. The average Bonchev–Trinajstić information content (AvgIpc) is 3.17. The first-order valence-corrected chi connectivity index (χ1v) is 11.3. The summed E-state index contributed by atoms with van der Waals surface area (Å²) in [5, 5.41) is 1.13. The molecule has 3 aromatic rings. The second-order valence-corrected chi connectivity index (χ2v) is 8.85. The number of nitrogens with zero attached hydrogens (tertiary/aromatic N) is 4. The molecule has 1 aliphatic rings. The summed E-state index contributed by atoms with van der Waals surface area (Å²) in [6, 6.07) is 8.14. The fourth-order valence-corrected chi connectivity index (χ4v) is 4.76. The van der Waals surface area contributed by atoms with Crippen molar-refractivity contribution in [2.45, 2.75) is 34.1 Å². The van der Waals surface area contributed by atoms with Gasteiger partial charge in [-0.3, -0.25) is 4.79 Å². The molecule has 3 heterocycles. The molecule has 0 spiro atoms. The van der Waals surface area contributed by atoms with Crippen molar-refractivity contribution in [1.29, 1.82) is 0 Å². The van der Waals surface area contributed by atoms with Crippen molar-refractivity contribution in [3.8, 4) is 5.75 Å². The van der Waals surface area contributed by atoms with Crippen LogP contribution in [0.15, 0.2) is 24.3 Å². The lowest BCUT2D eigenvalue weighted by molar-refractivity contribution is -0.133. The number of benzene rings is 1. The quantitative estimate of drug-likeness (QED) is 0.622. The monoisotopic (exact) mass is 424 g/mol. The predicted molar refractivity (Wildman–Crippen MR) is 122 cm³/mol. The van der Waals surface area contributed by atoms with E-state index in [0.29, 0.717) is 13.1 Å². The molecule has 0 bridgehead atoms. The first kappa shape index (κ1) is 20.6. The number of piperazine rings is 1. The number of aromatic nitrogens is 2. The summed E-state index contributed by atoms with van der Waals surface area (Å²) in [6.45, 7) is 11.1. The summed E-state index contributed by atoms with van der Waals surface area (Å²) in [4.78, 5) is 28.6. The van der Waals surface area contributed by atoms with Gasteiger partial charge in [0.25, 0.3) is 5.91 Å². The van der Waals surface area contributed by atoms with Crippen molar-refractivity contribution in [3.05, 3.63) is 46.1 Å². The highest BCUT2D eigenvalue weighted by atomic mass is 32.1. The number of anilines is 1. The lowest BCUT2D eigenvalue weighted by atomic mass is 10.1. The molecule has 2 aromatic heterocycles. The molecule has 0 saturated carbocycles. The summed E-state index contributed by atoms with van der Waals surface area (Å²) >= 11 is 1.74. The Kier molecular flexibility index (Phi) is 5.90. The molecule has 30 heavy (non-hydrogen) atoms. The van der Waals surface area contributed by atoms with Gasteiger partial charge in [0.2, 0.25) is 0 Å². The zero-order chi connectivity index (χ0) is 21.3. The Morgan fingerprint density at radius 2 is 1.90 bits per heavy atom. The van der Waals surface area contributed by atoms with Gasteiger partial charge >= 0.3 is 0 Å². The molecule has 1 aromatic carbocycles. The maximum absolute atomic E-state index is 12.7. The van der Waals surface area contributed by atoms with Crippen molar-refractivity contribution < 1.29 is 9.53 Å². The second kappa shape index (κ2) is 8.60. The van der Waals surface area contributed by atoms with Gasteiger partial charge < -0.3 is 14.5 Å². The van der Waals surface area contributed by atoms with E-state index in [0.717, 1.165) is 52.7 Å². The predicted octanol–water partition coefficient (Wildman–Crippen LogP) is 3.91. The van der Waals surface area contributed by atoms with Gasteiger partial charge in [0, 0.05) is 31.1 Å². The second-order valence-electron chi connectivity index (χ2n) is 7.73. The summed E-state index contributed by atoms with van der Waals surface area (Å²) in [6.07, 6.45) is 1.00. The highest BCUT2D eigenvalue weighted by molar-refractivity contribution is 7.18. The smallest absolute Gasteiger partial charge is 0.260 e. The van der Waals surface area contributed by atoms with Crippen LogP contribution in [0.25, 0.3) is 10.2 Å². The van der Waals surface area contributed by atoms with Crippen LogP contribution in [0.1, 0.15) is 28.8 Å². The Balaban J connectivity index is 1.40. The number of fused-ring (bicyclic) bond motifs is 1. The molecule has 1 aliphatic heterocycles. The molecule has 1 saturated heterocycles. The number of hydrogen-bond donors (Lipinski definition) is 0. The zero-order valence-corrected chi connectivity index (χ0v) is 18.9. The van der Waals surface area contributed by atoms with Crippen LogP contribution in [-0.2, 0) is 11.2 Å². The van der Waals surface area contributed by atoms with Gasteiger partial charge in [-0.1, -0.05) is 19.1 Å². The Labute approximate surface area is 181 Å². The van der Waals surface area contributed by atoms with Gasteiger partial charge in [0.05, 0.1) is 5.39 Å². The third-order valence-corrected chi connectivity index (χ3v) is 6.90. The Bertz CT molecular complexity index is 1070. The Morgan fingerprint density at radius 3 is 2.63 bits per heavy atom. The number of aryl methyl sites for hydroxylation is 3. The van der Waals surface area contributed by atoms with E-state index in [-0.39, 0.29) is 12.5 Å². The molecule has 158 valence electrons. The summed E-state index contributed by atoms with van der Waals surface area (Å²) in [5.41, 5.74) is 2.25. The van der Waals surface area contributed by atoms with Crippen LogP contribution < -0.4 is 9.64 Å². The van der Waals surface area contributed by atoms with Crippen molar-refractivity contribution in [2.24, 2.45) is 0 Å². The van der Waals surface area contributed by atoms with Crippen LogP contribution in [0.3, 0.4) is 0 Å². The highest BCUT2D eigenvalue weighted by Gasteiger charge is 2.24. The molecule has 0 radical (unpaired) electrons. The third kappa shape index (κ3) is 4.12. The van der Waals surface area contributed by atoms with E-state index >= 15 is 0 Å². The molecule has 1 fully saturated rings. The minimum absolute atomic E-state index is 0.0309. The van der Waals surface area contributed by atoms with E-state index in [4.69, 9.17) is 9.72 Å². The Morgan fingerprint density at radius 1 is 1.13 bits per heavy atom. The van der Waals surface area contributed by atoms with Crippen molar-refractivity contribution in [3.63, 3.8) is 0 Å². The molecule has 0 aliphatic carbocycles. The van der Waals surface area contributed by atoms with Crippen LogP contribution >= 0.6 is 11.3 Å². The lowest BCUT2D eigenvalue weighted by Gasteiger charge is -2.35. The number of carbonyl (C=O) groups is 1. The van der Waals surface area contributed by atoms with Gasteiger partial charge in [-0.2, -0.15) is 0 Å². The summed E-state index contributed by atoms with van der Waals surface area (Å²) < 4.78 is 5.81. The van der Waals surface area contributed by atoms with E-state index in [1.807, 2.05) is 43.9 Å². The molecule has 4 rings (SSSR count). The van der Waals surface area contributed by atoms with E-state index in [9.17, 15) is 4.79 Å². The molecule has 6 nitrogen and oxygen atoms in total. The first-order chi connectivity index (χ1) is 14.5. The minimum atomic E-state index is 0.0309. The van der Waals surface area contributed by atoms with Crippen LogP contribution in [0.4, 0.5) is 5.82 Å². The van der Waals surface area contributed by atoms with Gasteiger partial charge in [0.1, 0.15) is 22.2 Å². The van der Waals surface area contributed by atoms with E-state index in [1.54, 1.807) is 11.3 Å². The van der Waals surface area contributed by atoms with E-state index < -0.39 is 0 Å². The molecule has 0 N–H and O–H groups in total. The van der Waals surface area contributed by atoms with E-state index in [1.165, 1.54) is 10.4 Å². The van der Waals surface area contributed by atoms with Crippen LogP contribution in [0.5, 0.6) is 5.75 Å². The summed E-state index contributed by atoms with van der Waals surface area (Å²) in [7, 11) is 0. The SMILES string of the molecule is CCc1cc2c(N3CCN(C(=O)COc4cccc(C)c4C)CC3)nc(C)nc2s1. The molecule has 0 unspecified atom stereocenters. The third-order valence-electron chi connectivity index (χ3n) is 5.72. The maximum atomic E-state index is 12.7. The van der Waals surface area contributed by atoms with Crippen LogP contribution in [-0.4, -0.2) is 53.6 Å². The zero-order valence-electron chi connectivity index (χ0n) is 18.1. The van der Waals surface area contributed by atoms with Crippen molar-refractivity contribution in [1.82, 2.24) is 14.9 Å². The van der Waals surface area contributed by atoms with Gasteiger partial charge in [-0.05, 0) is 50.5 Å². The topological polar surface area (TPSA) is 58.6 Å². The number of hydrogen-bond acceptors (Lipinski definition) is 6. The standard InChI is InChI=1S/C23H28N4O2S/c1-5-18-13-19-22(24-17(4)25-23(19)30-18)27-11-9-26(10-12-27)21(28)14-29-20-8-6-7-15(2)16(20)3/h6-8,13H,5,9-12,14H2,1-4H3. The average molecular weight is 425 g/mol.